The number of alkyl halides is 12. The van der Waals surface area contributed by atoms with E-state index in [1.807, 2.05) is 0 Å². The van der Waals surface area contributed by atoms with Crippen LogP contribution in [0.25, 0.3) is 0 Å². The van der Waals surface area contributed by atoms with Crippen LogP contribution in [0.1, 0.15) is 92.9 Å². The Morgan fingerprint density at radius 3 is 1.35 bits per heavy atom. The summed E-state index contributed by atoms with van der Waals surface area (Å²) >= 11 is 0. The molecule has 3 aliphatic carbocycles. The Kier molecular flexibility index (Phi) is 10.5. The fourth-order valence-corrected chi connectivity index (χ4v) is 13.8. The van der Waals surface area contributed by atoms with Gasteiger partial charge in [0.2, 0.25) is 0 Å². The van der Waals surface area contributed by atoms with Crippen LogP contribution in [0.5, 0.6) is 0 Å². The van der Waals surface area contributed by atoms with Crippen molar-refractivity contribution in [3.63, 3.8) is 0 Å². The Morgan fingerprint density at radius 2 is 0.958 bits per heavy atom. The number of hydrogen-bond acceptors (Lipinski definition) is 0. The van der Waals surface area contributed by atoms with Gasteiger partial charge in [-0.3, -0.25) is 0 Å². The van der Waals surface area contributed by atoms with Gasteiger partial charge < -0.3 is 0 Å². The summed E-state index contributed by atoms with van der Waals surface area (Å²) in [6.45, 7) is 2.16. The first-order chi connectivity index (χ1) is 22.2. The molecule has 0 N–H and O–H groups in total. The quantitative estimate of drug-likeness (QED) is 0.205. The molecule has 1 unspecified atom stereocenters. The molecule has 264 valence electrons. The molecule has 0 bridgehead atoms. The van der Waals surface area contributed by atoms with E-state index in [0.717, 1.165) is 51.4 Å². The van der Waals surface area contributed by atoms with Crippen molar-refractivity contribution < 1.29 is 52.7 Å². The zero-order valence-electron chi connectivity index (χ0n) is 25.9. The minimum absolute atomic E-state index is 0.00811. The van der Waals surface area contributed by atoms with Gasteiger partial charge in [0, 0.05) is 5.16 Å². The molecule has 0 amide bonds. The number of hydrogen-bond donors (Lipinski definition) is 0. The monoisotopic (exact) mass is 732 g/mol. The topological polar surface area (TPSA) is 0 Å². The van der Waals surface area contributed by atoms with Crippen molar-refractivity contribution >= 4 is 26.5 Å². The van der Waals surface area contributed by atoms with Crippen molar-refractivity contribution in [3.05, 3.63) is 81.7 Å². The van der Waals surface area contributed by atoms with E-state index in [1.165, 1.54) is 0 Å². The zero-order chi connectivity index (χ0) is 35.3. The summed E-state index contributed by atoms with van der Waals surface area (Å²) in [5.41, 5.74) is -5.70. The number of rotatable bonds is 6. The molecule has 2 aromatic carbocycles. The lowest BCUT2D eigenvalue weighted by atomic mass is 9.83. The summed E-state index contributed by atoms with van der Waals surface area (Å²) in [6, 6.07) is 1.68. The third-order valence-electron chi connectivity index (χ3n) is 9.82. The average molecular weight is 733 g/mol. The van der Waals surface area contributed by atoms with Crippen LogP contribution in [-0.4, -0.2) is 17.5 Å². The third-order valence-corrected chi connectivity index (χ3v) is 16.0. The highest BCUT2D eigenvalue weighted by Gasteiger charge is 2.47. The van der Waals surface area contributed by atoms with Crippen LogP contribution < -0.4 is 10.6 Å². The second kappa shape index (κ2) is 13.6. The molecule has 0 radical (unpaired) electrons. The van der Waals surface area contributed by atoms with Crippen LogP contribution in [0.2, 0.25) is 0 Å². The van der Waals surface area contributed by atoms with Gasteiger partial charge >= 0.3 is 24.7 Å². The van der Waals surface area contributed by atoms with Gasteiger partial charge in [0.05, 0.1) is 22.3 Å². The number of allylic oxidation sites excluding steroid dienone is 4. The number of benzene rings is 2. The van der Waals surface area contributed by atoms with Crippen LogP contribution in [-0.2, 0) is 24.7 Å². The van der Waals surface area contributed by atoms with Crippen molar-refractivity contribution in [3.8, 4) is 0 Å². The fraction of sp³-hybridized carbons (Fsp3) is 0.529. The molecular formula is C34H34F12P2. The second-order valence-electron chi connectivity index (χ2n) is 12.8. The molecule has 0 saturated heterocycles. The van der Waals surface area contributed by atoms with Crippen LogP contribution in [0.3, 0.4) is 0 Å². The lowest BCUT2D eigenvalue weighted by molar-refractivity contribution is -0.144. The van der Waals surface area contributed by atoms with Gasteiger partial charge in [-0.1, -0.05) is 58.6 Å². The fourth-order valence-electron chi connectivity index (χ4n) is 7.49. The maximum absolute atomic E-state index is 14.1. The highest BCUT2D eigenvalue weighted by atomic mass is 31.1. The van der Waals surface area contributed by atoms with E-state index in [1.54, 1.807) is 12.2 Å². The molecule has 0 heterocycles. The molecule has 0 nitrogen and oxygen atoms in total. The molecule has 0 aliphatic heterocycles. The van der Waals surface area contributed by atoms with Crippen LogP contribution in [0.4, 0.5) is 52.7 Å². The van der Waals surface area contributed by atoms with Gasteiger partial charge in [0.1, 0.15) is 0 Å². The standard InChI is InChI=1S/C34H34F12P2/c1-47(25-9-4-2-5-10-25)30(13-6-3-7-14-30)28-11-8-12-29(28)48(26-17-21(31(35,36)37)15-22(18-26)32(38,39)40)27-19-23(33(41,42)43)16-24(20-27)34(44,45)46/h8,11,15-20,25H,2-7,9-10,12-14H2,1H3. The first-order valence-electron chi connectivity index (χ1n) is 15.7. The summed E-state index contributed by atoms with van der Waals surface area (Å²) in [5.74, 6) is 0. The zero-order valence-corrected chi connectivity index (χ0v) is 27.7. The minimum Gasteiger partial charge on any atom is -0.166 e. The largest absolute Gasteiger partial charge is 0.416 e. The maximum Gasteiger partial charge on any atom is 0.416 e. The predicted molar refractivity (Wildman–Crippen MR) is 165 cm³/mol. The van der Waals surface area contributed by atoms with Crippen molar-refractivity contribution in [2.24, 2.45) is 0 Å². The van der Waals surface area contributed by atoms with E-state index in [2.05, 4.69) is 6.66 Å². The molecular weight excluding hydrogens is 698 g/mol. The Hall–Kier alpha value is -2.06. The van der Waals surface area contributed by atoms with Crippen molar-refractivity contribution in [2.45, 2.75) is 106 Å². The number of halogens is 12. The Labute approximate surface area is 273 Å². The normalized spacial score (nSPS) is 20.5. The molecule has 3 aliphatic rings. The van der Waals surface area contributed by atoms with Crippen LogP contribution in [0.15, 0.2) is 59.4 Å². The molecule has 14 heteroatoms. The van der Waals surface area contributed by atoms with Crippen molar-refractivity contribution in [1.82, 2.24) is 0 Å². The summed E-state index contributed by atoms with van der Waals surface area (Å²) in [7, 11) is -3.54. The van der Waals surface area contributed by atoms with Gasteiger partial charge in [-0.15, -0.1) is 0 Å². The van der Waals surface area contributed by atoms with E-state index < -0.39 is 78.6 Å². The molecule has 2 fully saturated rings. The average Bonchev–Trinajstić information content (AvgIpc) is 3.49. The van der Waals surface area contributed by atoms with Gasteiger partial charge in [0.25, 0.3) is 0 Å². The summed E-state index contributed by atoms with van der Waals surface area (Å²) in [6.07, 6.45) is -8.62. The highest BCUT2D eigenvalue weighted by Crippen LogP contribution is 2.67. The smallest absolute Gasteiger partial charge is 0.166 e. The molecule has 1 atom stereocenters. The van der Waals surface area contributed by atoms with E-state index in [4.69, 9.17) is 0 Å². The second-order valence-corrected chi connectivity index (χ2v) is 17.9. The Balaban J connectivity index is 1.84. The molecule has 2 saturated carbocycles. The highest BCUT2D eigenvalue weighted by molar-refractivity contribution is 7.77. The predicted octanol–water partition coefficient (Wildman–Crippen LogP) is 12.6. The summed E-state index contributed by atoms with van der Waals surface area (Å²) < 4.78 is 169. The first kappa shape index (κ1) is 37.2. The van der Waals surface area contributed by atoms with E-state index in [9.17, 15) is 52.7 Å². The Morgan fingerprint density at radius 1 is 0.562 bits per heavy atom. The molecule has 5 rings (SSSR count). The maximum atomic E-state index is 14.1. The van der Waals surface area contributed by atoms with E-state index in [-0.39, 0.29) is 18.6 Å². The molecule has 48 heavy (non-hydrogen) atoms. The lowest BCUT2D eigenvalue weighted by Crippen LogP contribution is -2.36. The van der Waals surface area contributed by atoms with Gasteiger partial charge in [0.15, 0.2) is 0 Å². The van der Waals surface area contributed by atoms with Gasteiger partial charge in [-0.2, -0.15) is 52.7 Å². The van der Waals surface area contributed by atoms with Gasteiger partial charge in [-0.05, 0) is 110 Å². The van der Waals surface area contributed by atoms with Gasteiger partial charge in [-0.25, -0.2) is 0 Å². The van der Waals surface area contributed by atoms with E-state index >= 15 is 0 Å². The Bertz CT molecular complexity index is 1390. The first-order valence-corrected chi connectivity index (χ1v) is 18.9. The van der Waals surface area contributed by atoms with Crippen molar-refractivity contribution in [2.75, 3.05) is 6.66 Å². The third kappa shape index (κ3) is 7.80. The molecule has 0 aromatic heterocycles. The van der Waals surface area contributed by atoms with Crippen molar-refractivity contribution in [1.29, 1.82) is 0 Å². The summed E-state index contributed by atoms with van der Waals surface area (Å²) in [4.78, 5) is 0. The lowest BCUT2D eigenvalue weighted by Gasteiger charge is -2.48. The molecule has 0 spiro atoms. The minimum atomic E-state index is -5.27. The van der Waals surface area contributed by atoms with Crippen LogP contribution in [0, 0.1) is 0 Å². The summed E-state index contributed by atoms with van der Waals surface area (Å²) in [5, 5.41) is -1.39. The SMILES string of the molecule is CP(C1CCCCC1)C1(C2=C(P(c3cc(C(F)(F)F)cc(C(F)(F)F)c3)c3cc(C(F)(F)F)cc(C(F)(F)F)c3)CC=C2)CCCCC1. The van der Waals surface area contributed by atoms with E-state index in [0.29, 0.717) is 53.7 Å². The molecule has 2 aromatic rings. The van der Waals surface area contributed by atoms with Crippen LogP contribution >= 0.6 is 15.8 Å².